The lowest BCUT2D eigenvalue weighted by molar-refractivity contribution is 0.109. The molecule has 0 radical (unpaired) electrons. The first kappa shape index (κ1) is 14.0. The lowest BCUT2D eigenvalue weighted by atomic mass is 9.83. The zero-order chi connectivity index (χ0) is 13.0. The maximum absolute atomic E-state index is 9.51. The number of rotatable bonds is 4. The van der Waals surface area contributed by atoms with Gasteiger partial charge in [0.2, 0.25) is 0 Å². The molecule has 0 amide bonds. The number of benzene rings is 1. The van der Waals surface area contributed by atoms with E-state index in [9.17, 15) is 5.11 Å². The van der Waals surface area contributed by atoms with Gasteiger partial charge >= 0.3 is 0 Å². The summed E-state index contributed by atoms with van der Waals surface area (Å²) in [5.41, 5.74) is 1.45. The summed E-state index contributed by atoms with van der Waals surface area (Å²) in [4.78, 5) is 1.37. The van der Waals surface area contributed by atoms with E-state index in [4.69, 9.17) is 0 Å². The molecule has 0 atom stereocenters. The number of thioether (sulfide) groups is 1. The van der Waals surface area contributed by atoms with Crippen LogP contribution in [0.5, 0.6) is 0 Å². The van der Waals surface area contributed by atoms with E-state index in [1.165, 1.54) is 29.7 Å². The highest BCUT2D eigenvalue weighted by atomic mass is 32.2. The standard InChI is InChI=1S/C16H24OS/c1-12(2)18-16-9-5-14(6-10-16)11-13-3-7-15(17)8-4-13/h5-6,9-10,12-13,15,17H,3-4,7-8,11H2,1-2H3. The van der Waals surface area contributed by atoms with E-state index < -0.39 is 0 Å². The van der Waals surface area contributed by atoms with Gasteiger partial charge in [-0.05, 0) is 55.7 Å². The molecular formula is C16H24OS. The second-order valence-corrected chi connectivity index (χ2v) is 7.34. The van der Waals surface area contributed by atoms with E-state index in [0.717, 1.165) is 18.8 Å². The summed E-state index contributed by atoms with van der Waals surface area (Å²) >= 11 is 1.92. The summed E-state index contributed by atoms with van der Waals surface area (Å²) < 4.78 is 0. The largest absolute Gasteiger partial charge is 0.393 e. The Kier molecular flexibility index (Phi) is 5.13. The molecule has 1 N–H and O–H groups in total. The third-order valence-electron chi connectivity index (χ3n) is 3.64. The van der Waals surface area contributed by atoms with Crippen molar-refractivity contribution in [2.45, 2.75) is 62.2 Å². The Hall–Kier alpha value is -0.470. The second-order valence-electron chi connectivity index (χ2n) is 5.69. The van der Waals surface area contributed by atoms with Crippen molar-refractivity contribution in [2.24, 2.45) is 5.92 Å². The average molecular weight is 264 g/mol. The molecule has 1 aromatic rings. The molecule has 0 heterocycles. The number of aliphatic hydroxyl groups excluding tert-OH is 1. The molecule has 2 heteroatoms. The summed E-state index contributed by atoms with van der Waals surface area (Å²) in [5, 5.41) is 10.2. The van der Waals surface area contributed by atoms with Gasteiger partial charge in [0.05, 0.1) is 6.10 Å². The van der Waals surface area contributed by atoms with Gasteiger partial charge in [-0.3, -0.25) is 0 Å². The highest BCUT2D eigenvalue weighted by molar-refractivity contribution is 7.99. The van der Waals surface area contributed by atoms with Crippen LogP contribution in [0.2, 0.25) is 0 Å². The van der Waals surface area contributed by atoms with Crippen LogP contribution in [0.15, 0.2) is 29.2 Å². The SMILES string of the molecule is CC(C)Sc1ccc(CC2CCC(O)CC2)cc1. The lowest BCUT2D eigenvalue weighted by Gasteiger charge is -2.25. The van der Waals surface area contributed by atoms with Gasteiger partial charge in [0.25, 0.3) is 0 Å². The maximum atomic E-state index is 9.51. The molecule has 0 aliphatic heterocycles. The molecule has 1 nitrogen and oxygen atoms in total. The minimum atomic E-state index is -0.0360. The molecular weight excluding hydrogens is 240 g/mol. The molecule has 0 spiro atoms. The molecule has 0 aromatic heterocycles. The minimum absolute atomic E-state index is 0.0360. The lowest BCUT2D eigenvalue weighted by Crippen LogP contribution is -2.19. The highest BCUT2D eigenvalue weighted by Crippen LogP contribution is 2.28. The Morgan fingerprint density at radius 1 is 1.11 bits per heavy atom. The highest BCUT2D eigenvalue weighted by Gasteiger charge is 2.19. The van der Waals surface area contributed by atoms with Gasteiger partial charge in [-0.1, -0.05) is 26.0 Å². The molecule has 1 aromatic carbocycles. The van der Waals surface area contributed by atoms with Crippen LogP contribution in [0.3, 0.4) is 0 Å². The summed E-state index contributed by atoms with van der Waals surface area (Å²) in [6.07, 6.45) is 5.50. The Morgan fingerprint density at radius 3 is 2.28 bits per heavy atom. The van der Waals surface area contributed by atoms with Crippen molar-refractivity contribution < 1.29 is 5.11 Å². The van der Waals surface area contributed by atoms with Crippen molar-refractivity contribution in [3.05, 3.63) is 29.8 Å². The smallest absolute Gasteiger partial charge is 0.0540 e. The van der Waals surface area contributed by atoms with Crippen LogP contribution in [-0.4, -0.2) is 16.5 Å². The Balaban J connectivity index is 1.86. The first-order valence-corrected chi connectivity index (χ1v) is 7.95. The molecule has 2 rings (SSSR count). The molecule has 0 unspecified atom stereocenters. The molecule has 1 saturated carbocycles. The van der Waals surface area contributed by atoms with Crippen molar-refractivity contribution in [1.82, 2.24) is 0 Å². The molecule has 1 aliphatic rings. The molecule has 0 saturated heterocycles. The van der Waals surface area contributed by atoms with Gasteiger partial charge in [0.1, 0.15) is 0 Å². The van der Waals surface area contributed by atoms with Crippen molar-refractivity contribution in [1.29, 1.82) is 0 Å². The number of hydrogen-bond donors (Lipinski definition) is 1. The molecule has 18 heavy (non-hydrogen) atoms. The van der Waals surface area contributed by atoms with Crippen molar-refractivity contribution >= 4 is 11.8 Å². The maximum Gasteiger partial charge on any atom is 0.0540 e. The molecule has 0 bridgehead atoms. The van der Waals surface area contributed by atoms with Gasteiger partial charge in [-0.25, -0.2) is 0 Å². The van der Waals surface area contributed by atoms with Crippen LogP contribution in [0.4, 0.5) is 0 Å². The monoisotopic (exact) mass is 264 g/mol. The number of aliphatic hydroxyl groups is 1. The van der Waals surface area contributed by atoms with Crippen LogP contribution < -0.4 is 0 Å². The second kappa shape index (κ2) is 6.63. The van der Waals surface area contributed by atoms with E-state index in [1.807, 2.05) is 11.8 Å². The predicted octanol–water partition coefficient (Wildman–Crippen LogP) is 4.28. The van der Waals surface area contributed by atoms with Crippen LogP contribution in [0.1, 0.15) is 45.1 Å². The van der Waals surface area contributed by atoms with E-state index in [0.29, 0.717) is 5.25 Å². The molecule has 1 fully saturated rings. The topological polar surface area (TPSA) is 20.2 Å². The summed E-state index contributed by atoms with van der Waals surface area (Å²) in [7, 11) is 0. The fraction of sp³-hybridized carbons (Fsp3) is 0.625. The first-order valence-electron chi connectivity index (χ1n) is 7.07. The summed E-state index contributed by atoms with van der Waals surface area (Å²) in [6.45, 7) is 4.46. The zero-order valence-corrected chi connectivity index (χ0v) is 12.2. The van der Waals surface area contributed by atoms with Gasteiger partial charge in [0, 0.05) is 10.1 Å². The molecule has 100 valence electrons. The fourth-order valence-corrected chi connectivity index (χ4v) is 3.50. The predicted molar refractivity (Wildman–Crippen MR) is 79.1 cm³/mol. The summed E-state index contributed by atoms with van der Waals surface area (Å²) in [6, 6.07) is 9.04. The van der Waals surface area contributed by atoms with Crippen LogP contribution in [-0.2, 0) is 6.42 Å². The Morgan fingerprint density at radius 2 is 1.72 bits per heavy atom. The Labute approximate surface area is 115 Å². The fourth-order valence-electron chi connectivity index (χ4n) is 2.66. The van der Waals surface area contributed by atoms with Gasteiger partial charge in [0.15, 0.2) is 0 Å². The normalized spacial score (nSPS) is 24.4. The van der Waals surface area contributed by atoms with Crippen molar-refractivity contribution in [2.75, 3.05) is 0 Å². The number of hydrogen-bond acceptors (Lipinski definition) is 2. The van der Waals surface area contributed by atoms with E-state index >= 15 is 0 Å². The van der Waals surface area contributed by atoms with Crippen LogP contribution >= 0.6 is 11.8 Å². The van der Waals surface area contributed by atoms with Crippen LogP contribution in [0, 0.1) is 5.92 Å². The molecule has 1 aliphatic carbocycles. The van der Waals surface area contributed by atoms with Crippen LogP contribution in [0.25, 0.3) is 0 Å². The van der Waals surface area contributed by atoms with Gasteiger partial charge < -0.3 is 5.11 Å². The van der Waals surface area contributed by atoms with Gasteiger partial charge in [-0.15, -0.1) is 11.8 Å². The third kappa shape index (κ3) is 4.33. The van der Waals surface area contributed by atoms with E-state index in [2.05, 4.69) is 38.1 Å². The summed E-state index contributed by atoms with van der Waals surface area (Å²) in [5.74, 6) is 0.775. The van der Waals surface area contributed by atoms with E-state index in [1.54, 1.807) is 0 Å². The minimum Gasteiger partial charge on any atom is -0.393 e. The quantitative estimate of drug-likeness (QED) is 0.819. The van der Waals surface area contributed by atoms with Crippen molar-refractivity contribution in [3.63, 3.8) is 0 Å². The van der Waals surface area contributed by atoms with Gasteiger partial charge in [-0.2, -0.15) is 0 Å². The van der Waals surface area contributed by atoms with Crippen molar-refractivity contribution in [3.8, 4) is 0 Å². The Bertz CT molecular complexity index is 350. The third-order valence-corrected chi connectivity index (χ3v) is 4.65. The zero-order valence-electron chi connectivity index (χ0n) is 11.4. The first-order chi connectivity index (χ1) is 8.63. The average Bonchev–Trinajstić information content (AvgIpc) is 2.34. The van der Waals surface area contributed by atoms with E-state index in [-0.39, 0.29) is 6.10 Å².